The third-order valence-corrected chi connectivity index (χ3v) is 5.72. The Kier molecular flexibility index (Phi) is 5.47. The zero-order chi connectivity index (χ0) is 22.2. The molecule has 5 nitrogen and oxygen atoms in total. The fourth-order valence-corrected chi connectivity index (χ4v) is 3.70. The molecular formula is C23H23F3N4O. The van der Waals surface area contributed by atoms with Gasteiger partial charge in [0, 0.05) is 37.4 Å². The van der Waals surface area contributed by atoms with Crippen LogP contribution in [0.15, 0.2) is 48.5 Å². The van der Waals surface area contributed by atoms with Crippen LogP contribution in [0.5, 0.6) is 0 Å². The molecule has 0 spiro atoms. The van der Waals surface area contributed by atoms with E-state index in [1.165, 1.54) is 11.6 Å². The number of nitrogens with one attached hydrogen (secondary N) is 1. The molecule has 1 aromatic heterocycles. The second kappa shape index (κ2) is 8.09. The smallest absolute Gasteiger partial charge is 0.368 e. The normalized spacial score (nSPS) is 14.7. The summed E-state index contributed by atoms with van der Waals surface area (Å²) in [6.45, 7) is 5.84. The Morgan fingerprint density at radius 3 is 2.39 bits per heavy atom. The van der Waals surface area contributed by atoms with E-state index in [-0.39, 0.29) is 5.91 Å². The van der Waals surface area contributed by atoms with Crippen molar-refractivity contribution in [1.82, 2.24) is 15.1 Å². The van der Waals surface area contributed by atoms with Crippen molar-refractivity contribution in [1.29, 1.82) is 0 Å². The van der Waals surface area contributed by atoms with Crippen LogP contribution in [0.4, 0.5) is 18.9 Å². The van der Waals surface area contributed by atoms with Gasteiger partial charge in [0.05, 0.1) is 11.3 Å². The van der Waals surface area contributed by atoms with Crippen LogP contribution in [0.1, 0.15) is 27.2 Å². The molecule has 2 aromatic carbocycles. The minimum absolute atomic E-state index is 0.161. The van der Waals surface area contributed by atoms with Crippen LogP contribution in [0, 0.1) is 13.8 Å². The average molecular weight is 428 g/mol. The number of hydrogen-bond acceptors (Lipinski definition) is 3. The van der Waals surface area contributed by atoms with Crippen molar-refractivity contribution in [2.75, 3.05) is 31.1 Å². The first-order chi connectivity index (χ1) is 14.7. The van der Waals surface area contributed by atoms with E-state index in [4.69, 9.17) is 0 Å². The maximum Gasteiger partial charge on any atom is 0.416 e. The van der Waals surface area contributed by atoms with Gasteiger partial charge in [-0.1, -0.05) is 18.2 Å². The first-order valence-corrected chi connectivity index (χ1v) is 10.1. The van der Waals surface area contributed by atoms with Gasteiger partial charge in [0.1, 0.15) is 5.69 Å². The lowest BCUT2D eigenvalue weighted by molar-refractivity contribution is -0.137. The minimum Gasteiger partial charge on any atom is -0.368 e. The highest BCUT2D eigenvalue weighted by Crippen LogP contribution is 2.32. The summed E-state index contributed by atoms with van der Waals surface area (Å²) in [5.74, 6) is -0.161. The van der Waals surface area contributed by atoms with E-state index in [0.29, 0.717) is 43.3 Å². The van der Waals surface area contributed by atoms with Crippen LogP contribution >= 0.6 is 0 Å². The molecule has 1 aliphatic heterocycles. The van der Waals surface area contributed by atoms with E-state index in [2.05, 4.69) is 10.2 Å². The second-order valence-corrected chi connectivity index (χ2v) is 7.79. The van der Waals surface area contributed by atoms with Gasteiger partial charge in [-0.15, -0.1) is 0 Å². The number of benzene rings is 2. The predicted molar refractivity (Wildman–Crippen MR) is 113 cm³/mol. The molecule has 4 rings (SSSR count). The number of nitrogens with zero attached hydrogens (tertiary/aromatic N) is 3. The van der Waals surface area contributed by atoms with Crippen molar-refractivity contribution in [3.8, 4) is 11.3 Å². The Balaban J connectivity index is 1.42. The number of piperazine rings is 1. The lowest BCUT2D eigenvalue weighted by Gasteiger charge is -2.36. The molecule has 31 heavy (non-hydrogen) atoms. The van der Waals surface area contributed by atoms with Crippen molar-refractivity contribution < 1.29 is 18.0 Å². The summed E-state index contributed by atoms with van der Waals surface area (Å²) in [7, 11) is 0. The molecule has 2 heterocycles. The highest BCUT2D eigenvalue weighted by molar-refractivity contribution is 5.93. The van der Waals surface area contributed by atoms with E-state index >= 15 is 0 Å². The molecule has 1 aliphatic rings. The average Bonchev–Trinajstić information content (AvgIpc) is 3.25. The summed E-state index contributed by atoms with van der Waals surface area (Å²) in [6.07, 6.45) is -4.37. The summed E-state index contributed by atoms with van der Waals surface area (Å²) in [5.41, 5.74) is 4.23. The second-order valence-electron chi connectivity index (χ2n) is 7.79. The number of carbonyl (C=O) groups excluding carboxylic acids is 1. The quantitative estimate of drug-likeness (QED) is 0.659. The molecule has 0 atom stereocenters. The summed E-state index contributed by atoms with van der Waals surface area (Å²) in [5, 5.41) is 7.10. The van der Waals surface area contributed by atoms with Crippen LogP contribution in [-0.4, -0.2) is 47.2 Å². The number of rotatable bonds is 3. The zero-order valence-electron chi connectivity index (χ0n) is 17.3. The van der Waals surface area contributed by atoms with Crippen LogP contribution in [-0.2, 0) is 6.18 Å². The largest absolute Gasteiger partial charge is 0.416 e. The molecule has 8 heteroatoms. The van der Waals surface area contributed by atoms with Gasteiger partial charge in [-0.05, 0) is 55.3 Å². The van der Waals surface area contributed by atoms with Gasteiger partial charge in [-0.25, -0.2) is 0 Å². The van der Waals surface area contributed by atoms with Crippen molar-refractivity contribution in [2.24, 2.45) is 0 Å². The first kappa shape index (κ1) is 21.0. The fourth-order valence-electron chi connectivity index (χ4n) is 3.70. The van der Waals surface area contributed by atoms with Gasteiger partial charge >= 0.3 is 6.18 Å². The summed E-state index contributed by atoms with van der Waals surface area (Å²) in [6, 6.07) is 13.1. The number of aryl methyl sites for hydroxylation is 2. The van der Waals surface area contributed by atoms with Crippen LogP contribution < -0.4 is 4.90 Å². The Morgan fingerprint density at radius 1 is 0.968 bits per heavy atom. The topological polar surface area (TPSA) is 52.2 Å². The Morgan fingerprint density at radius 2 is 1.71 bits per heavy atom. The number of halogens is 3. The van der Waals surface area contributed by atoms with Gasteiger partial charge in [0.25, 0.3) is 5.91 Å². The summed E-state index contributed by atoms with van der Waals surface area (Å²) >= 11 is 0. The molecule has 0 radical (unpaired) electrons. The summed E-state index contributed by atoms with van der Waals surface area (Å²) < 4.78 is 38.9. The molecule has 0 unspecified atom stereocenters. The van der Waals surface area contributed by atoms with E-state index in [0.717, 1.165) is 23.3 Å². The molecule has 3 aromatic rings. The van der Waals surface area contributed by atoms with Gasteiger partial charge in [0.2, 0.25) is 0 Å². The third-order valence-electron chi connectivity index (χ3n) is 5.72. The third kappa shape index (κ3) is 4.42. The number of aromatic amines is 1. The van der Waals surface area contributed by atoms with Crippen molar-refractivity contribution >= 4 is 11.6 Å². The highest BCUT2D eigenvalue weighted by atomic mass is 19.4. The number of amides is 1. The number of carbonyl (C=O) groups is 1. The van der Waals surface area contributed by atoms with Crippen molar-refractivity contribution in [2.45, 2.75) is 20.0 Å². The Hall–Kier alpha value is -3.29. The number of hydrogen-bond donors (Lipinski definition) is 1. The molecule has 1 saturated heterocycles. The Labute approximate surface area is 178 Å². The van der Waals surface area contributed by atoms with Crippen molar-refractivity contribution in [3.63, 3.8) is 0 Å². The Bertz CT molecular complexity index is 1100. The van der Waals surface area contributed by atoms with Gasteiger partial charge in [-0.3, -0.25) is 9.89 Å². The zero-order valence-corrected chi connectivity index (χ0v) is 17.3. The molecule has 0 saturated carbocycles. The lowest BCUT2D eigenvalue weighted by atomic mass is 10.0. The predicted octanol–water partition coefficient (Wildman–Crippen LogP) is 4.67. The molecule has 0 aliphatic carbocycles. The van der Waals surface area contributed by atoms with Crippen molar-refractivity contribution in [3.05, 3.63) is 70.9 Å². The number of aromatic nitrogens is 2. The lowest BCUT2D eigenvalue weighted by Crippen LogP contribution is -2.49. The molecule has 1 fully saturated rings. The molecule has 0 bridgehead atoms. The SMILES string of the molecule is Cc1ccc(-c2cc(C(=O)N3CCN(c4cccc(C(F)(F)F)c4)CC3)[nH]n2)cc1C. The highest BCUT2D eigenvalue weighted by Gasteiger charge is 2.31. The fraction of sp³-hybridized carbons (Fsp3) is 0.304. The monoisotopic (exact) mass is 428 g/mol. The van der Waals surface area contributed by atoms with E-state index in [1.54, 1.807) is 17.0 Å². The molecule has 1 N–H and O–H groups in total. The van der Waals surface area contributed by atoms with Crippen LogP contribution in [0.2, 0.25) is 0 Å². The van der Waals surface area contributed by atoms with E-state index in [1.807, 2.05) is 36.9 Å². The molecular weight excluding hydrogens is 405 g/mol. The van der Waals surface area contributed by atoms with Gasteiger partial charge in [-0.2, -0.15) is 18.3 Å². The van der Waals surface area contributed by atoms with E-state index in [9.17, 15) is 18.0 Å². The number of anilines is 1. The first-order valence-electron chi connectivity index (χ1n) is 10.1. The minimum atomic E-state index is -4.37. The maximum absolute atomic E-state index is 13.0. The standard InChI is InChI=1S/C23H23F3N4O/c1-15-6-7-17(12-16(15)2)20-14-21(28-27-20)22(31)30-10-8-29(9-11-30)19-5-3-4-18(13-19)23(24,25)26/h3-7,12-14H,8-11H2,1-2H3,(H,27,28). The number of alkyl halides is 3. The molecule has 1 amide bonds. The number of H-pyrrole nitrogens is 1. The van der Waals surface area contributed by atoms with Gasteiger partial charge in [0.15, 0.2) is 0 Å². The van der Waals surface area contributed by atoms with Gasteiger partial charge < -0.3 is 9.80 Å². The summed E-state index contributed by atoms with van der Waals surface area (Å²) in [4.78, 5) is 16.4. The van der Waals surface area contributed by atoms with E-state index < -0.39 is 11.7 Å². The molecule has 162 valence electrons. The maximum atomic E-state index is 13.0. The van der Waals surface area contributed by atoms with Crippen LogP contribution in [0.25, 0.3) is 11.3 Å². The van der Waals surface area contributed by atoms with Crippen LogP contribution in [0.3, 0.4) is 0 Å².